The van der Waals surface area contributed by atoms with Crippen LogP contribution in [0.5, 0.6) is 0 Å². The summed E-state index contributed by atoms with van der Waals surface area (Å²) in [4.78, 5) is 16.5. The van der Waals surface area contributed by atoms with Gasteiger partial charge in [-0.25, -0.2) is 0 Å². The van der Waals surface area contributed by atoms with Crippen LogP contribution in [0.4, 0.5) is 5.69 Å². The van der Waals surface area contributed by atoms with Gasteiger partial charge in [-0.15, -0.1) is 0 Å². The van der Waals surface area contributed by atoms with Crippen molar-refractivity contribution in [1.29, 1.82) is 0 Å². The molecule has 0 N–H and O–H groups in total. The third kappa shape index (κ3) is 4.36. The fourth-order valence-electron chi connectivity index (χ4n) is 2.89. The summed E-state index contributed by atoms with van der Waals surface area (Å²) in [7, 11) is 0. The monoisotopic (exact) mass is 324 g/mol. The van der Waals surface area contributed by atoms with E-state index in [2.05, 4.69) is 36.1 Å². The van der Waals surface area contributed by atoms with Crippen molar-refractivity contribution in [3.8, 4) is 0 Å². The predicted molar refractivity (Wildman–Crippen MR) is 96.1 cm³/mol. The Bertz CT molecular complexity index is 647. The van der Waals surface area contributed by atoms with E-state index in [0.29, 0.717) is 6.61 Å². The topological polar surface area (TPSA) is 32.8 Å². The largest absolute Gasteiger partial charge is 0.368 e. The Morgan fingerprint density at radius 2 is 1.62 bits per heavy atom. The van der Waals surface area contributed by atoms with Gasteiger partial charge in [-0.2, -0.15) is 0 Å². The van der Waals surface area contributed by atoms with Gasteiger partial charge in [-0.1, -0.05) is 48.0 Å². The Labute approximate surface area is 143 Å². The zero-order valence-corrected chi connectivity index (χ0v) is 14.1. The van der Waals surface area contributed by atoms with E-state index in [1.54, 1.807) is 0 Å². The number of hydrogen-bond acceptors (Lipinski definition) is 3. The van der Waals surface area contributed by atoms with Gasteiger partial charge in [0.25, 0.3) is 0 Å². The number of anilines is 1. The van der Waals surface area contributed by atoms with Crippen LogP contribution in [0.1, 0.15) is 11.1 Å². The number of aryl methyl sites for hydroxylation is 1. The Hall–Kier alpha value is -2.33. The van der Waals surface area contributed by atoms with Crippen LogP contribution in [0, 0.1) is 6.92 Å². The quantitative estimate of drug-likeness (QED) is 0.848. The second-order valence-corrected chi connectivity index (χ2v) is 6.18. The summed E-state index contributed by atoms with van der Waals surface area (Å²) < 4.78 is 5.55. The number of ether oxygens (including phenoxy) is 1. The molecule has 2 aromatic carbocycles. The zero-order chi connectivity index (χ0) is 16.8. The van der Waals surface area contributed by atoms with E-state index in [1.165, 1.54) is 11.3 Å². The van der Waals surface area contributed by atoms with Crippen LogP contribution < -0.4 is 4.90 Å². The average Bonchev–Trinajstić information content (AvgIpc) is 2.63. The highest BCUT2D eigenvalue weighted by atomic mass is 16.5. The molecular weight excluding hydrogens is 300 g/mol. The molecular formula is C20H24N2O2. The Balaban J connectivity index is 1.42. The molecule has 1 saturated heterocycles. The summed E-state index contributed by atoms with van der Waals surface area (Å²) in [6, 6.07) is 18.5. The van der Waals surface area contributed by atoms with Gasteiger partial charge in [0.1, 0.15) is 6.61 Å². The van der Waals surface area contributed by atoms with Crippen LogP contribution >= 0.6 is 0 Å². The van der Waals surface area contributed by atoms with Crippen LogP contribution in [-0.2, 0) is 16.1 Å². The molecule has 1 heterocycles. The first kappa shape index (κ1) is 16.5. The molecule has 1 aliphatic rings. The van der Waals surface area contributed by atoms with Gasteiger partial charge in [0.15, 0.2) is 0 Å². The smallest absolute Gasteiger partial charge is 0.248 e. The van der Waals surface area contributed by atoms with Gasteiger partial charge in [-0.3, -0.25) is 4.79 Å². The molecule has 0 atom stereocenters. The minimum Gasteiger partial charge on any atom is -0.368 e. The van der Waals surface area contributed by atoms with Crippen LogP contribution in [0.15, 0.2) is 54.6 Å². The van der Waals surface area contributed by atoms with Gasteiger partial charge < -0.3 is 14.5 Å². The second kappa shape index (κ2) is 7.97. The van der Waals surface area contributed by atoms with Crippen LogP contribution in [-0.4, -0.2) is 43.6 Å². The summed E-state index contributed by atoms with van der Waals surface area (Å²) in [5.74, 6) is 0.0782. The van der Waals surface area contributed by atoms with Crippen molar-refractivity contribution in [3.63, 3.8) is 0 Å². The van der Waals surface area contributed by atoms with Crippen molar-refractivity contribution in [1.82, 2.24) is 4.90 Å². The van der Waals surface area contributed by atoms with E-state index in [-0.39, 0.29) is 12.5 Å². The maximum absolute atomic E-state index is 12.3. The Morgan fingerprint density at radius 1 is 0.958 bits per heavy atom. The summed E-state index contributed by atoms with van der Waals surface area (Å²) in [5, 5.41) is 0. The average molecular weight is 324 g/mol. The van der Waals surface area contributed by atoms with Crippen LogP contribution in [0.2, 0.25) is 0 Å². The first-order valence-electron chi connectivity index (χ1n) is 8.43. The molecule has 4 heteroatoms. The van der Waals surface area contributed by atoms with Crippen LogP contribution in [0.25, 0.3) is 0 Å². The summed E-state index contributed by atoms with van der Waals surface area (Å²) in [5.41, 5.74) is 3.59. The molecule has 1 aliphatic heterocycles. The number of hydrogen-bond donors (Lipinski definition) is 0. The number of carbonyl (C=O) groups excluding carboxylic acids is 1. The number of amides is 1. The van der Waals surface area contributed by atoms with Gasteiger partial charge in [-0.05, 0) is 24.6 Å². The zero-order valence-electron chi connectivity index (χ0n) is 14.1. The fraction of sp³-hybridized carbons (Fsp3) is 0.350. The lowest BCUT2D eigenvalue weighted by Crippen LogP contribution is -2.49. The van der Waals surface area contributed by atoms with E-state index < -0.39 is 0 Å². The summed E-state index contributed by atoms with van der Waals surface area (Å²) in [6.45, 7) is 5.97. The molecule has 2 aromatic rings. The normalized spacial score (nSPS) is 14.7. The van der Waals surface area contributed by atoms with Crippen LogP contribution in [0.3, 0.4) is 0 Å². The van der Waals surface area contributed by atoms with Gasteiger partial charge >= 0.3 is 0 Å². The molecule has 1 amide bonds. The van der Waals surface area contributed by atoms with E-state index in [4.69, 9.17) is 4.74 Å². The van der Waals surface area contributed by atoms with E-state index in [0.717, 1.165) is 31.7 Å². The first-order chi connectivity index (χ1) is 11.7. The Kier molecular flexibility index (Phi) is 5.49. The number of rotatable bonds is 5. The highest BCUT2D eigenvalue weighted by Crippen LogP contribution is 2.17. The number of carbonyl (C=O) groups is 1. The highest BCUT2D eigenvalue weighted by Gasteiger charge is 2.21. The van der Waals surface area contributed by atoms with E-state index >= 15 is 0 Å². The molecule has 126 valence electrons. The molecule has 0 spiro atoms. The minimum absolute atomic E-state index is 0.0782. The second-order valence-electron chi connectivity index (χ2n) is 6.18. The minimum atomic E-state index is 0.0782. The van der Waals surface area contributed by atoms with Crippen molar-refractivity contribution in [2.75, 3.05) is 37.7 Å². The SMILES string of the molecule is Cc1ccc(N2CCN(C(=O)COCc3ccccc3)CC2)cc1. The van der Waals surface area contributed by atoms with Crippen molar-refractivity contribution in [2.24, 2.45) is 0 Å². The maximum Gasteiger partial charge on any atom is 0.248 e. The lowest BCUT2D eigenvalue weighted by molar-refractivity contribution is -0.136. The van der Waals surface area contributed by atoms with E-state index in [1.807, 2.05) is 35.2 Å². The molecule has 1 fully saturated rings. The summed E-state index contributed by atoms with van der Waals surface area (Å²) in [6.07, 6.45) is 0. The molecule has 4 nitrogen and oxygen atoms in total. The lowest BCUT2D eigenvalue weighted by Gasteiger charge is -2.36. The molecule has 3 rings (SSSR count). The first-order valence-corrected chi connectivity index (χ1v) is 8.43. The van der Waals surface area contributed by atoms with Crippen molar-refractivity contribution in [2.45, 2.75) is 13.5 Å². The van der Waals surface area contributed by atoms with E-state index in [9.17, 15) is 4.79 Å². The number of piperazine rings is 1. The van der Waals surface area contributed by atoms with Gasteiger partial charge in [0.05, 0.1) is 6.61 Å². The molecule has 0 aromatic heterocycles. The summed E-state index contributed by atoms with van der Waals surface area (Å²) >= 11 is 0. The number of nitrogens with zero attached hydrogens (tertiary/aromatic N) is 2. The molecule has 0 radical (unpaired) electrons. The molecule has 0 bridgehead atoms. The van der Waals surface area contributed by atoms with Gasteiger partial charge in [0, 0.05) is 31.9 Å². The predicted octanol–water partition coefficient (Wildman–Crippen LogP) is 2.86. The standard InChI is InChI=1S/C20H24N2O2/c1-17-7-9-19(10-8-17)21-11-13-22(14-12-21)20(23)16-24-15-18-5-3-2-4-6-18/h2-10H,11-16H2,1H3. The Morgan fingerprint density at radius 3 is 2.29 bits per heavy atom. The lowest BCUT2D eigenvalue weighted by atomic mass is 10.2. The molecule has 0 aliphatic carbocycles. The van der Waals surface area contributed by atoms with Gasteiger partial charge in [0.2, 0.25) is 5.91 Å². The molecule has 0 saturated carbocycles. The maximum atomic E-state index is 12.3. The molecule has 24 heavy (non-hydrogen) atoms. The third-order valence-electron chi connectivity index (χ3n) is 4.37. The fourth-order valence-corrected chi connectivity index (χ4v) is 2.89. The molecule has 0 unspecified atom stereocenters. The third-order valence-corrected chi connectivity index (χ3v) is 4.37. The number of benzene rings is 2. The highest BCUT2D eigenvalue weighted by molar-refractivity contribution is 5.77. The van der Waals surface area contributed by atoms with Crippen molar-refractivity contribution >= 4 is 11.6 Å². The van der Waals surface area contributed by atoms with Crippen molar-refractivity contribution in [3.05, 3.63) is 65.7 Å². The van der Waals surface area contributed by atoms with Crippen molar-refractivity contribution < 1.29 is 9.53 Å².